The van der Waals surface area contributed by atoms with Gasteiger partial charge in [0.05, 0.1) is 10.6 Å². The molecule has 0 fully saturated rings. The highest BCUT2D eigenvalue weighted by Crippen LogP contribution is 2.25. The molecule has 1 amide bonds. The van der Waals surface area contributed by atoms with E-state index in [1.54, 1.807) is 0 Å². The Morgan fingerprint density at radius 1 is 1.15 bits per heavy atom. The second-order valence-corrected chi connectivity index (χ2v) is 5.85. The maximum absolute atomic E-state index is 12.9. The molecule has 0 bridgehead atoms. The van der Waals surface area contributed by atoms with Gasteiger partial charge in [-0.15, -0.1) is 22.7 Å². The van der Waals surface area contributed by atoms with Crippen LogP contribution in [-0.4, -0.2) is 10.9 Å². The minimum atomic E-state index is -0.376. The van der Waals surface area contributed by atoms with Crippen molar-refractivity contribution in [1.29, 1.82) is 0 Å². The maximum Gasteiger partial charge on any atom is 0.267 e. The maximum atomic E-state index is 12.9. The zero-order valence-corrected chi connectivity index (χ0v) is 11.8. The number of carbonyl (C=O) groups is 1. The first-order valence-electron chi connectivity index (χ1n) is 5.80. The number of thiazole rings is 1. The van der Waals surface area contributed by atoms with E-state index in [0.29, 0.717) is 10.0 Å². The molecular formula is C14H9FN2OS2. The van der Waals surface area contributed by atoms with E-state index in [2.05, 4.69) is 10.3 Å². The number of hydrogen-bond donors (Lipinski definition) is 1. The Morgan fingerprint density at radius 2 is 1.95 bits per heavy atom. The number of carbonyl (C=O) groups excluding carboxylic acids is 1. The normalized spacial score (nSPS) is 10.4. The van der Waals surface area contributed by atoms with E-state index in [9.17, 15) is 9.18 Å². The molecule has 1 N–H and O–H groups in total. The molecule has 0 radical (unpaired) electrons. The van der Waals surface area contributed by atoms with Gasteiger partial charge in [0.25, 0.3) is 5.91 Å². The van der Waals surface area contributed by atoms with Crippen LogP contribution in [0.15, 0.2) is 47.8 Å². The summed E-state index contributed by atoms with van der Waals surface area (Å²) in [5, 5.41) is 4.68. The standard InChI is InChI=1S/C14H9FN2OS2/c15-12-7-6-11(20-12)13(18)17-14-16-10(8-19-14)9-4-2-1-3-5-9/h1-8H,(H,16,17,18). The number of nitrogens with one attached hydrogen (secondary N) is 1. The van der Waals surface area contributed by atoms with Crippen molar-refractivity contribution in [2.45, 2.75) is 0 Å². The minimum Gasteiger partial charge on any atom is -0.297 e. The van der Waals surface area contributed by atoms with Gasteiger partial charge in [0, 0.05) is 10.9 Å². The van der Waals surface area contributed by atoms with E-state index in [1.165, 1.54) is 23.5 Å². The zero-order valence-electron chi connectivity index (χ0n) is 10.2. The van der Waals surface area contributed by atoms with Crippen LogP contribution in [0.1, 0.15) is 9.67 Å². The summed E-state index contributed by atoms with van der Waals surface area (Å²) in [6.45, 7) is 0. The first-order chi connectivity index (χ1) is 9.72. The topological polar surface area (TPSA) is 42.0 Å². The number of rotatable bonds is 3. The molecule has 0 aliphatic heterocycles. The second kappa shape index (κ2) is 5.52. The molecule has 2 aromatic heterocycles. The lowest BCUT2D eigenvalue weighted by atomic mass is 10.2. The summed E-state index contributed by atoms with van der Waals surface area (Å²) in [4.78, 5) is 16.6. The van der Waals surface area contributed by atoms with Crippen LogP contribution >= 0.6 is 22.7 Å². The minimum absolute atomic E-state index is 0.332. The van der Waals surface area contributed by atoms with Crippen molar-refractivity contribution in [1.82, 2.24) is 4.98 Å². The summed E-state index contributed by atoms with van der Waals surface area (Å²) in [7, 11) is 0. The predicted octanol–water partition coefficient (Wildman–Crippen LogP) is 4.26. The Kier molecular flexibility index (Phi) is 3.58. The highest BCUT2D eigenvalue weighted by Gasteiger charge is 2.12. The fraction of sp³-hybridized carbons (Fsp3) is 0. The number of aromatic nitrogens is 1. The summed E-state index contributed by atoms with van der Waals surface area (Å²) in [5.74, 6) is -0.340. The quantitative estimate of drug-likeness (QED) is 0.785. The van der Waals surface area contributed by atoms with E-state index in [0.717, 1.165) is 22.6 Å². The fourth-order valence-corrected chi connectivity index (χ4v) is 3.01. The van der Waals surface area contributed by atoms with Gasteiger partial charge in [-0.1, -0.05) is 30.3 Å². The molecule has 3 aromatic rings. The van der Waals surface area contributed by atoms with Gasteiger partial charge in [0.1, 0.15) is 0 Å². The van der Waals surface area contributed by atoms with Gasteiger partial charge < -0.3 is 0 Å². The molecule has 6 heteroatoms. The Balaban J connectivity index is 1.76. The first kappa shape index (κ1) is 13.0. The van der Waals surface area contributed by atoms with E-state index >= 15 is 0 Å². The van der Waals surface area contributed by atoms with Crippen molar-refractivity contribution in [2.75, 3.05) is 5.32 Å². The number of halogens is 1. The monoisotopic (exact) mass is 304 g/mol. The van der Waals surface area contributed by atoms with Crippen LogP contribution < -0.4 is 5.32 Å². The van der Waals surface area contributed by atoms with Crippen LogP contribution in [0.2, 0.25) is 0 Å². The van der Waals surface area contributed by atoms with Gasteiger partial charge in [0.2, 0.25) is 0 Å². The van der Waals surface area contributed by atoms with E-state index < -0.39 is 0 Å². The molecule has 0 unspecified atom stereocenters. The Hall–Kier alpha value is -2.05. The molecule has 2 heterocycles. The SMILES string of the molecule is O=C(Nc1nc(-c2ccccc2)cs1)c1ccc(F)s1. The highest BCUT2D eigenvalue weighted by molar-refractivity contribution is 7.14. The largest absolute Gasteiger partial charge is 0.297 e. The lowest BCUT2D eigenvalue weighted by molar-refractivity contribution is 0.103. The smallest absolute Gasteiger partial charge is 0.267 e. The van der Waals surface area contributed by atoms with Gasteiger partial charge in [-0.05, 0) is 12.1 Å². The van der Waals surface area contributed by atoms with Crippen molar-refractivity contribution in [2.24, 2.45) is 0 Å². The molecule has 0 saturated heterocycles. The second-order valence-electron chi connectivity index (χ2n) is 3.96. The van der Waals surface area contributed by atoms with Gasteiger partial charge in [-0.2, -0.15) is 4.39 Å². The van der Waals surface area contributed by atoms with Crippen molar-refractivity contribution < 1.29 is 9.18 Å². The molecule has 1 aromatic carbocycles. The lowest BCUT2D eigenvalue weighted by Gasteiger charge is -1.98. The average Bonchev–Trinajstić information content (AvgIpc) is 3.09. The molecule has 3 rings (SSSR count). The zero-order chi connectivity index (χ0) is 13.9. The van der Waals surface area contributed by atoms with Crippen molar-refractivity contribution in [3.63, 3.8) is 0 Å². The first-order valence-corrected chi connectivity index (χ1v) is 7.49. The Bertz CT molecular complexity index is 736. The molecule has 100 valence electrons. The number of anilines is 1. The van der Waals surface area contributed by atoms with Gasteiger partial charge in [0.15, 0.2) is 10.3 Å². The molecule has 3 nitrogen and oxygen atoms in total. The van der Waals surface area contributed by atoms with Crippen LogP contribution in [0, 0.1) is 5.13 Å². The predicted molar refractivity (Wildman–Crippen MR) is 79.8 cm³/mol. The molecule has 0 aliphatic rings. The third-order valence-electron chi connectivity index (χ3n) is 2.59. The Labute approximate surface area is 122 Å². The molecule has 0 spiro atoms. The Morgan fingerprint density at radius 3 is 2.65 bits per heavy atom. The molecule has 0 saturated carbocycles. The molecule has 20 heavy (non-hydrogen) atoms. The lowest BCUT2D eigenvalue weighted by Crippen LogP contribution is -2.09. The van der Waals surface area contributed by atoms with Gasteiger partial charge in [-0.25, -0.2) is 4.98 Å². The summed E-state index contributed by atoms with van der Waals surface area (Å²) in [6, 6.07) is 12.4. The number of thiophene rings is 1. The van der Waals surface area contributed by atoms with E-state index in [1.807, 2.05) is 35.7 Å². The van der Waals surface area contributed by atoms with Crippen LogP contribution in [0.4, 0.5) is 9.52 Å². The average molecular weight is 304 g/mol. The van der Waals surface area contributed by atoms with Crippen LogP contribution in [0.5, 0.6) is 0 Å². The van der Waals surface area contributed by atoms with E-state index in [-0.39, 0.29) is 11.0 Å². The molecule has 0 aliphatic carbocycles. The third-order valence-corrected chi connectivity index (χ3v) is 4.22. The number of hydrogen-bond acceptors (Lipinski definition) is 4. The van der Waals surface area contributed by atoms with Crippen LogP contribution in [0.3, 0.4) is 0 Å². The summed E-state index contributed by atoms with van der Waals surface area (Å²) in [5.41, 5.74) is 1.80. The van der Waals surface area contributed by atoms with Gasteiger partial charge >= 0.3 is 0 Å². The highest BCUT2D eigenvalue weighted by atomic mass is 32.1. The third kappa shape index (κ3) is 2.76. The summed E-state index contributed by atoms with van der Waals surface area (Å²) >= 11 is 2.16. The van der Waals surface area contributed by atoms with Crippen molar-refractivity contribution in [3.8, 4) is 11.3 Å². The molecular weight excluding hydrogens is 295 g/mol. The van der Waals surface area contributed by atoms with Crippen molar-refractivity contribution >= 4 is 33.7 Å². The number of benzene rings is 1. The van der Waals surface area contributed by atoms with E-state index in [4.69, 9.17) is 0 Å². The van der Waals surface area contributed by atoms with Crippen LogP contribution in [-0.2, 0) is 0 Å². The number of nitrogens with zero attached hydrogens (tertiary/aromatic N) is 1. The summed E-state index contributed by atoms with van der Waals surface area (Å²) < 4.78 is 12.9. The van der Waals surface area contributed by atoms with Crippen molar-refractivity contribution in [3.05, 3.63) is 57.9 Å². The fourth-order valence-electron chi connectivity index (χ4n) is 1.67. The van der Waals surface area contributed by atoms with Crippen LogP contribution in [0.25, 0.3) is 11.3 Å². The molecule has 0 atom stereocenters. The summed E-state index contributed by atoms with van der Waals surface area (Å²) in [6.07, 6.45) is 0. The number of amides is 1. The van der Waals surface area contributed by atoms with Gasteiger partial charge in [-0.3, -0.25) is 10.1 Å².